The molecule has 7 rings (SSSR count). The van der Waals surface area contributed by atoms with Crippen LogP contribution in [0.3, 0.4) is 0 Å². The third kappa shape index (κ3) is 2.58. The first-order chi connectivity index (χ1) is 13.2. The number of thioether (sulfide) groups is 1. The maximum Gasteiger partial charge on any atom is 0.266 e. The summed E-state index contributed by atoms with van der Waals surface area (Å²) < 4.78 is 2.04. The quantitative estimate of drug-likeness (QED) is 0.451. The van der Waals surface area contributed by atoms with Crippen molar-refractivity contribution >= 4 is 61.7 Å². The van der Waals surface area contributed by atoms with Gasteiger partial charge < -0.3 is 0 Å². The molecule has 27 heavy (non-hydrogen) atoms. The molecule has 2 heterocycles. The Morgan fingerprint density at radius 2 is 1.74 bits per heavy atom. The summed E-state index contributed by atoms with van der Waals surface area (Å²) in [6.45, 7) is 0. The molecule has 0 radical (unpaired) electrons. The molecule has 1 aromatic carbocycles. The molecule has 2 aromatic rings. The van der Waals surface area contributed by atoms with Gasteiger partial charge in [0.25, 0.3) is 5.91 Å². The highest BCUT2D eigenvalue weighted by Crippen LogP contribution is 2.56. The Hall–Kier alpha value is -1.17. The van der Waals surface area contributed by atoms with Crippen molar-refractivity contribution in [3.8, 4) is 0 Å². The smallest absolute Gasteiger partial charge is 0.266 e. The summed E-state index contributed by atoms with van der Waals surface area (Å²) >= 11 is 8.96. The molecule has 5 heteroatoms. The van der Waals surface area contributed by atoms with Gasteiger partial charge in [0.2, 0.25) is 0 Å². The second-order valence-electron chi connectivity index (χ2n) is 8.66. The number of carbonyl (C=O) groups excluding carboxylic acids is 1. The van der Waals surface area contributed by atoms with E-state index < -0.39 is 0 Å². The van der Waals surface area contributed by atoms with Gasteiger partial charge in [0, 0.05) is 10.7 Å². The molecule has 4 bridgehead atoms. The van der Waals surface area contributed by atoms with Crippen LogP contribution in [0.5, 0.6) is 0 Å². The standard InChI is InChI=1S/C22H21NOS3/c24-21-19(10-16-11-26-18-4-2-1-3-17(16)18)27-22(25)23(21)20-14-6-12-5-13(8-14)9-15(20)7-12/h1-4,10-15,20H,5-9H2. The highest BCUT2D eigenvalue weighted by molar-refractivity contribution is 8.26. The molecule has 1 aromatic heterocycles. The number of amides is 1. The van der Waals surface area contributed by atoms with Crippen molar-refractivity contribution in [3.63, 3.8) is 0 Å². The molecule has 5 fully saturated rings. The lowest BCUT2D eigenvalue weighted by atomic mass is 9.54. The summed E-state index contributed by atoms with van der Waals surface area (Å²) in [6.07, 6.45) is 8.73. The minimum absolute atomic E-state index is 0.151. The van der Waals surface area contributed by atoms with Crippen LogP contribution in [0.25, 0.3) is 16.2 Å². The molecule has 0 unspecified atom stereocenters. The number of nitrogens with zero attached hydrogens (tertiary/aromatic N) is 1. The molecule has 0 atom stereocenters. The minimum atomic E-state index is 0.151. The van der Waals surface area contributed by atoms with E-state index >= 15 is 0 Å². The molecule has 4 saturated carbocycles. The first-order valence-electron chi connectivity index (χ1n) is 9.90. The zero-order valence-corrected chi connectivity index (χ0v) is 17.4. The number of hydrogen-bond acceptors (Lipinski definition) is 4. The Bertz CT molecular complexity index is 962. The number of fused-ring (bicyclic) bond motifs is 1. The van der Waals surface area contributed by atoms with Crippen molar-refractivity contribution in [2.45, 2.75) is 38.1 Å². The SMILES string of the molecule is O=C1C(=Cc2csc3ccccc23)SC(=S)N1C1C2CC3CC(C2)CC1C3. The van der Waals surface area contributed by atoms with Crippen molar-refractivity contribution in [1.82, 2.24) is 4.90 Å². The van der Waals surface area contributed by atoms with Crippen LogP contribution in [-0.2, 0) is 4.79 Å². The van der Waals surface area contributed by atoms with Gasteiger partial charge in [-0.05, 0) is 84.2 Å². The Morgan fingerprint density at radius 3 is 2.48 bits per heavy atom. The number of thiophene rings is 1. The summed E-state index contributed by atoms with van der Waals surface area (Å²) in [7, 11) is 0. The average Bonchev–Trinajstić information content (AvgIpc) is 3.17. The molecule has 1 aliphatic heterocycles. The van der Waals surface area contributed by atoms with Crippen LogP contribution in [0.4, 0.5) is 0 Å². The van der Waals surface area contributed by atoms with Gasteiger partial charge in [0.1, 0.15) is 4.32 Å². The third-order valence-corrected chi connectivity index (χ3v) is 9.41. The maximum atomic E-state index is 13.4. The lowest BCUT2D eigenvalue weighted by Gasteiger charge is -2.56. The van der Waals surface area contributed by atoms with Crippen LogP contribution >= 0.6 is 35.3 Å². The summed E-state index contributed by atoms with van der Waals surface area (Å²) in [5, 5.41) is 3.38. The third-order valence-electron chi connectivity index (χ3n) is 7.10. The summed E-state index contributed by atoms with van der Waals surface area (Å²) in [4.78, 5) is 16.2. The summed E-state index contributed by atoms with van der Waals surface area (Å²) in [5.74, 6) is 3.32. The van der Waals surface area contributed by atoms with Crippen molar-refractivity contribution in [3.05, 3.63) is 40.1 Å². The highest BCUT2D eigenvalue weighted by Gasteiger charge is 2.53. The van der Waals surface area contributed by atoms with Gasteiger partial charge in [0.15, 0.2) is 0 Å². The first-order valence-corrected chi connectivity index (χ1v) is 12.0. The summed E-state index contributed by atoms with van der Waals surface area (Å²) in [6, 6.07) is 8.75. The van der Waals surface area contributed by atoms with Crippen molar-refractivity contribution in [1.29, 1.82) is 0 Å². The number of rotatable bonds is 2. The molecular formula is C22H21NOS3. The Labute approximate surface area is 173 Å². The second-order valence-corrected chi connectivity index (χ2v) is 11.2. The van der Waals surface area contributed by atoms with Gasteiger partial charge in [0.05, 0.1) is 4.91 Å². The Balaban J connectivity index is 1.33. The fourth-order valence-corrected chi connectivity index (χ4v) is 8.56. The van der Waals surface area contributed by atoms with E-state index in [1.807, 2.05) is 4.90 Å². The molecule has 5 aliphatic rings. The predicted molar refractivity (Wildman–Crippen MR) is 118 cm³/mol. The lowest BCUT2D eigenvalue weighted by molar-refractivity contribution is -0.130. The van der Waals surface area contributed by atoms with Gasteiger partial charge in [-0.2, -0.15) is 0 Å². The fraction of sp³-hybridized carbons (Fsp3) is 0.455. The van der Waals surface area contributed by atoms with E-state index in [2.05, 4.69) is 35.7 Å². The van der Waals surface area contributed by atoms with E-state index in [1.54, 1.807) is 11.3 Å². The number of hydrogen-bond donors (Lipinski definition) is 0. The molecule has 0 spiro atoms. The van der Waals surface area contributed by atoms with E-state index in [9.17, 15) is 4.79 Å². The van der Waals surface area contributed by atoms with E-state index in [4.69, 9.17) is 12.2 Å². The number of carbonyl (C=O) groups is 1. The van der Waals surface area contributed by atoms with Crippen molar-refractivity contribution in [2.24, 2.45) is 23.7 Å². The van der Waals surface area contributed by atoms with E-state index in [-0.39, 0.29) is 5.91 Å². The van der Waals surface area contributed by atoms with Crippen LogP contribution < -0.4 is 0 Å². The minimum Gasteiger partial charge on any atom is -0.289 e. The second kappa shape index (κ2) is 6.16. The van der Waals surface area contributed by atoms with Crippen molar-refractivity contribution in [2.75, 3.05) is 0 Å². The number of thiocarbonyl (C=S) groups is 1. The molecule has 0 N–H and O–H groups in total. The average molecular weight is 412 g/mol. The first kappa shape index (κ1) is 16.8. The molecule has 2 nitrogen and oxygen atoms in total. The monoisotopic (exact) mass is 411 g/mol. The predicted octanol–water partition coefficient (Wildman–Crippen LogP) is 5.93. The van der Waals surface area contributed by atoms with Crippen LogP contribution in [0, 0.1) is 23.7 Å². The molecular weight excluding hydrogens is 390 g/mol. The Morgan fingerprint density at radius 1 is 1.04 bits per heavy atom. The normalized spacial score (nSPS) is 36.5. The van der Waals surface area contributed by atoms with Gasteiger partial charge in [-0.25, -0.2) is 0 Å². The number of benzene rings is 1. The molecule has 4 aliphatic carbocycles. The highest BCUT2D eigenvalue weighted by atomic mass is 32.2. The maximum absolute atomic E-state index is 13.4. The zero-order chi connectivity index (χ0) is 18.1. The van der Waals surface area contributed by atoms with E-state index in [0.29, 0.717) is 17.9 Å². The zero-order valence-electron chi connectivity index (χ0n) is 15.0. The van der Waals surface area contributed by atoms with Gasteiger partial charge in [-0.1, -0.05) is 42.2 Å². The fourth-order valence-electron chi connectivity index (χ4n) is 6.31. The van der Waals surface area contributed by atoms with Gasteiger partial charge >= 0.3 is 0 Å². The van der Waals surface area contributed by atoms with Crippen LogP contribution in [0.15, 0.2) is 34.6 Å². The topological polar surface area (TPSA) is 20.3 Å². The summed E-state index contributed by atoms with van der Waals surface area (Å²) in [5.41, 5.74) is 1.14. The molecule has 138 valence electrons. The van der Waals surface area contributed by atoms with Crippen LogP contribution in [-0.4, -0.2) is 21.2 Å². The lowest BCUT2D eigenvalue weighted by Crippen LogP contribution is -2.57. The van der Waals surface area contributed by atoms with Gasteiger partial charge in [-0.3, -0.25) is 9.69 Å². The molecule has 1 amide bonds. The van der Waals surface area contributed by atoms with E-state index in [0.717, 1.165) is 26.6 Å². The Kier molecular flexibility index (Phi) is 3.82. The van der Waals surface area contributed by atoms with Crippen LogP contribution in [0.1, 0.15) is 37.7 Å². The van der Waals surface area contributed by atoms with Crippen molar-refractivity contribution < 1.29 is 4.79 Å². The largest absolute Gasteiger partial charge is 0.289 e. The van der Waals surface area contributed by atoms with Crippen LogP contribution in [0.2, 0.25) is 0 Å². The van der Waals surface area contributed by atoms with E-state index in [1.165, 1.54) is 54.0 Å². The molecule has 1 saturated heterocycles. The van der Waals surface area contributed by atoms with Gasteiger partial charge in [-0.15, -0.1) is 11.3 Å².